The number of nitrogens with zero attached hydrogens (tertiary/aromatic N) is 2. The highest BCUT2D eigenvalue weighted by Gasteiger charge is 2.23. The highest BCUT2D eigenvalue weighted by molar-refractivity contribution is 7.22. The molecule has 0 spiro atoms. The minimum absolute atomic E-state index is 0.130. The van der Waals surface area contributed by atoms with Crippen molar-refractivity contribution in [3.05, 3.63) is 76.6 Å². The fourth-order valence-corrected chi connectivity index (χ4v) is 4.26. The predicted molar refractivity (Wildman–Crippen MR) is 93.9 cm³/mol. The van der Waals surface area contributed by atoms with Crippen molar-refractivity contribution in [1.82, 2.24) is 9.55 Å². The molecule has 0 aliphatic carbocycles. The van der Waals surface area contributed by atoms with Gasteiger partial charge in [-0.1, -0.05) is 54.6 Å². The monoisotopic (exact) mass is 316 g/mol. The van der Waals surface area contributed by atoms with Crippen LogP contribution in [0.2, 0.25) is 0 Å². The SMILES string of the molecule is O=c1nc2n(c3cc(-c4ccccc4)sc13)Cc1ccccc1-2. The van der Waals surface area contributed by atoms with Gasteiger partial charge in [0.1, 0.15) is 10.5 Å². The van der Waals surface area contributed by atoms with Gasteiger partial charge in [-0.3, -0.25) is 4.79 Å². The van der Waals surface area contributed by atoms with Crippen molar-refractivity contribution < 1.29 is 0 Å². The Morgan fingerprint density at radius 2 is 1.78 bits per heavy atom. The van der Waals surface area contributed by atoms with Crippen LogP contribution in [-0.2, 0) is 6.54 Å². The number of aromatic nitrogens is 2. The maximum Gasteiger partial charge on any atom is 0.291 e. The van der Waals surface area contributed by atoms with Crippen LogP contribution in [0.15, 0.2) is 65.5 Å². The Kier molecular flexibility index (Phi) is 2.58. The minimum atomic E-state index is -0.130. The Labute approximate surface area is 136 Å². The van der Waals surface area contributed by atoms with E-state index in [0.29, 0.717) is 0 Å². The summed E-state index contributed by atoms with van der Waals surface area (Å²) in [6.45, 7) is 0.778. The van der Waals surface area contributed by atoms with Gasteiger partial charge in [0.25, 0.3) is 5.56 Å². The van der Waals surface area contributed by atoms with Crippen LogP contribution in [0.25, 0.3) is 32.0 Å². The molecule has 0 saturated heterocycles. The summed E-state index contributed by atoms with van der Waals surface area (Å²) < 4.78 is 2.89. The van der Waals surface area contributed by atoms with Gasteiger partial charge >= 0.3 is 0 Å². The van der Waals surface area contributed by atoms with Gasteiger partial charge in [0, 0.05) is 10.4 Å². The first-order valence-corrected chi connectivity index (χ1v) is 8.31. The van der Waals surface area contributed by atoms with Crippen molar-refractivity contribution in [3.63, 3.8) is 0 Å². The zero-order chi connectivity index (χ0) is 15.4. The molecule has 3 heterocycles. The van der Waals surface area contributed by atoms with Gasteiger partial charge in [-0.2, -0.15) is 4.98 Å². The highest BCUT2D eigenvalue weighted by Crippen LogP contribution is 2.36. The Balaban J connectivity index is 1.81. The third-order valence-electron chi connectivity index (χ3n) is 4.31. The second kappa shape index (κ2) is 4.64. The van der Waals surface area contributed by atoms with Crippen molar-refractivity contribution >= 4 is 21.6 Å². The molecule has 0 fully saturated rings. The fraction of sp³-hybridized carbons (Fsp3) is 0.0526. The molecule has 110 valence electrons. The third kappa shape index (κ3) is 1.82. The topological polar surface area (TPSA) is 34.9 Å². The van der Waals surface area contributed by atoms with Gasteiger partial charge in [0.15, 0.2) is 0 Å². The van der Waals surface area contributed by atoms with E-state index in [-0.39, 0.29) is 5.56 Å². The van der Waals surface area contributed by atoms with Crippen molar-refractivity contribution in [2.45, 2.75) is 6.54 Å². The van der Waals surface area contributed by atoms with Gasteiger partial charge in [0.2, 0.25) is 0 Å². The molecule has 5 rings (SSSR count). The molecular weight excluding hydrogens is 304 g/mol. The standard InChI is InChI=1S/C19H12N2OS/c22-19-17-15(10-16(23-17)12-6-2-1-3-7-12)21-11-13-8-4-5-9-14(13)18(21)20-19/h1-10H,11H2. The summed E-state index contributed by atoms with van der Waals surface area (Å²) >= 11 is 1.53. The van der Waals surface area contributed by atoms with E-state index in [1.54, 1.807) is 0 Å². The molecule has 1 aliphatic rings. The first-order chi connectivity index (χ1) is 11.3. The van der Waals surface area contributed by atoms with Gasteiger partial charge in [-0.15, -0.1) is 11.3 Å². The number of thiophene rings is 1. The zero-order valence-corrected chi connectivity index (χ0v) is 13.0. The Morgan fingerprint density at radius 3 is 2.65 bits per heavy atom. The molecule has 0 unspecified atom stereocenters. The van der Waals surface area contributed by atoms with E-state index in [4.69, 9.17) is 0 Å². The number of rotatable bonds is 1. The molecule has 2 aromatic carbocycles. The second-order valence-electron chi connectivity index (χ2n) is 5.67. The summed E-state index contributed by atoms with van der Waals surface area (Å²) in [5.41, 5.74) is 4.28. The van der Waals surface area contributed by atoms with E-state index in [9.17, 15) is 4.79 Å². The summed E-state index contributed by atoms with van der Waals surface area (Å²) in [5, 5.41) is 0. The van der Waals surface area contributed by atoms with E-state index >= 15 is 0 Å². The molecule has 2 aromatic heterocycles. The molecule has 0 bridgehead atoms. The lowest BCUT2D eigenvalue weighted by Crippen LogP contribution is -2.11. The lowest BCUT2D eigenvalue weighted by Gasteiger charge is -2.03. The number of benzene rings is 2. The summed E-state index contributed by atoms with van der Waals surface area (Å²) in [5.74, 6) is 0.788. The molecule has 23 heavy (non-hydrogen) atoms. The normalized spacial score (nSPS) is 12.3. The van der Waals surface area contributed by atoms with Crippen molar-refractivity contribution in [2.24, 2.45) is 0 Å². The Bertz CT molecular complexity index is 1110. The Hall–Kier alpha value is -2.72. The lowest BCUT2D eigenvalue weighted by atomic mass is 10.1. The van der Waals surface area contributed by atoms with E-state index < -0.39 is 0 Å². The number of hydrogen-bond acceptors (Lipinski definition) is 3. The van der Waals surface area contributed by atoms with E-state index in [1.165, 1.54) is 16.9 Å². The van der Waals surface area contributed by atoms with E-state index in [1.807, 2.05) is 36.4 Å². The molecule has 0 atom stereocenters. The smallest absolute Gasteiger partial charge is 0.291 e. The third-order valence-corrected chi connectivity index (χ3v) is 5.47. The van der Waals surface area contributed by atoms with Gasteiger partial charge in [-0.05, 0) is 17.2 Å². The molecule has 0 N–H and O–H groups in total. The zero-order valence-electron chi connectivity index (χ0n) is 12.2. The van der Waals surface area contributed by atoms with Crippen LogP contribution >= 0.6 is 11.3 Å². The van der Waals surface area contributed by atoms with Crippen LogP contribution in [0.4, 0.5) is 0 Å². The van der Waals surface area contributed by atoms with E-state index in [2.05, 4.69) is 33.8 Å². The highest BCUT2D eigenvalue weighted by atomic mass is 32.1. The van der Waals surface area contributed by atoms with Gasteiger partial charge in [0.05, 0.1) is 12.1 Å². The number of fused-ring (bicyclic) bond motifs is 5. The predicted octanol–water partition coefficient (Wildman–Crippen LogP) is 4.15. The molecule has 0 amide bonds. The average Bonchev–Trinajstić information content (AvgIpc) is 3.18. The van der Waals surface area contributed by atoms with Crippen LogP contribution in [0.1, 0.15) is 5.56 Å². The lowest BCUT2D eigenvalue weighted by molar-refractivity contribution is 0.855. The van der Waals surface area contributed by atoms with Crippen LogP contribution in [0, 0.1) is 0 Å². The summed E-state index contributed by atoms with van der Waals surface area (Å²) in [6, 6.07) is 20.5. The van der Waals surface area contributed by atoms with Gasteiger partial charge < -0.3 is 4.57 Å². The summed E-state index contributed by atoms with van der Waals surface area (Å²) in [7, 11) is 0. The van der Waals surface area contributed by atoms with Gasteiger partial charge in [-0.25, -0.2) is 0 Å². The average molecular weight is 316 g/mol. The van der Waals surface area contributed by atoms with Crippen LogP contribution in [0.3, 0.4) is 0 Å². The first-order valence-electron chi connectivity index (χ1n) is 7.49. The number of hydrogen-bond donors (Lipinski definition) is 0. The van der Waals surface area contributed by atoms with Crippen LogP contribution < -0.4 is 5.56 Å². The molecule has 1 aliphatic heterocycles. The van der Waals surface area contributed by atoms with Crippen molar-refractivity contribution in [3.8, 4) is 21.8 Å². The van der Waals surface area contributed by atoms with Crippen LogP contribution in [-0.4, -0.2) is 9.55 Å². The fourth-order valence-electron chi connectivity index (χ4n) is 3.21. The second-order valence-corrected chi connectivity index (χ2v) is 6.73. The molecule has 3 nitrogen and oxygen atoms in total. The molecule has 0 radical (unpaired) electrons. The minimum Gasteiger partial charge on any atom is -0.320 e. The first kappa shape index (κ1) is 12.8. The quantitative estimate of drug-likeness (QED) is 0.465. The molecular formula is C19H12N2OS. The van der Waals surface area contributed by atoms with Crippen molar-refractivity contribution in [1.29, 1.82) is 0 Å². The maximum absolute atomic E-state index is 12.5. The summed E-state index contributed by atoms with van der Waals surface area (Å²) in [4.78, 5) is 17.9. The molecule has 0 saturated carbocycles. The summed E-state index contributed by atoms with van der Waals surface area (Å²) in [6.07, 6.45) is 0. The van der Waals surface area contributed by atoms with Crippen molar-refractivity contribution in [2.75, 3.05) is 0 Å². The largest absolute Gasteiger partial charge is 0.320 e. The Morgan fingerprint density at radius 1 is 1.00 bits per heavy atom. The molecule has 4 heteroatoms. The maximum atomic E-state index is 12.5. The van der Waals surface area contributed by atoms with Crippen LogP contribution in [0.5, 0.6) is 0 Å². The van der Waals surface area contributed by atoms with E-state index in [0.717, 1.165) is 38.6 Å². The molecule has 4 aromatic rings.